The number of fused-ring (bicyclic) bond motifs is 1. The first-order chi connectivity index (χ1) is 13.4. The summed E-state index contributed by atoms with van der Waals surface area (Å²) in [7, 11) is 0. The van der Waals surface area contributed by atoms with Gasteiger partial charge in [0, 0.05) is 0 Å². The van der Waals surface area contributed by atoms with E-state index in [1.54, 1.807) is 0 Å². The molecule has 4 amide bonds. The van der Waals surface area contributed by atoms with E-state index in [-0.39, 0.29) is 30.3 Å². The molecule has 1 aromatic carbocycles. The van der Waals surface area contributed by atoms with E-state index in [1.807, 2.05) is 38.1 Å². The fraction of sp³-hybridized carbons (Fsp3) is 0.500. The van der Waals surface area contributed by atoms with Gasteiger partial charge in [0.25, 0.3) is 5.91 Å². The summed E-state index contributed by atoms with van der Waals surface area (Å²) in [6.07, 6.45) is 3.51. The summed E-state index contributed by atoms with van der Waals surface area (Å²) in [5, 5.41) is 6.53. The van der Waals surface area contributed by atoms with E-state index >= 15 is 0 Å². The van der Waals surface area contributed by atoms with E-state index in [1.165, 1.54) is 11.3 Å². The number of nitrogens with zero attached hydrogens (tertiary/aromatic N) is 2. The molecule has 1 aromatic heterocycles. The standard InChI is InChI=1S/C20H24N4O3S/c1-12-7-5-6-10-20(12)18(26)24(19(27)23-20)11-16(25)21-13(2)17-22-14-8-3-4-9-15(14)28-17/h3-4,8-9,12-13H,5-7,10-11H2,1-2H3,(H,21,25)(H,23,27)/t12-,13+,20+/m1/s1. The van der Waals surface area contributed by atoms with Gasteiger partial charge in [-0.1, -0.05) is 31.9 Å². The number of rotatable bonds is 4. The van der Waals surface area contributed by atoms with E-state index in [0.29, 0.717) is 6.42 Å². The number of thiazole rings is 1. The lowest BCUT2D eigenvalue weighted by molar-refractivity contribution is -0.137. The highest BCUT2D eigenvalue weighted by Gasteiger charge is 2.55. The lowest BCUT2D eigenvalue weighted by Crippen LogP contribution is -2.54. The molecule has 1 saturated carbocycles. The van der Waals surface area contributed by atoms with Crippen molar-refractivity contribution in [2.45, 2.75) is 51.1 Å². The number of benzene rings is 1. The number of imide groups is 1. The van der Waals surface area contributed by atoms with Crippen molar-refractivity contribution in [1.82, 2.24) is 20.5 Å². The van der Waals surface area contributed by atoms with Crippen LogP contribution in [-0.4, -0.2) is 39.8 Å². The highest BCUT2D eigenvalue weighted by molar-refractivity contribution is 7.18. The summed E-state index contributed by atoms with van der Waals surface area (Å²) in [6.45, 7) is 3.58. The largest absolute Gasteiger partial charge is 0.346 e. The van der Waals surface area contributed by atoms with E-state index in [0.717, 1.165) is 39.4 Å². The first-order valence-corrected chi connectivity index (χ1v) is 10.5. The molecule has 2 N–H and O–H groups in total. The molecule has 8 heteroatoms. The molecule has 1 aliphatic heterocycles. The summed E-state index contributed by atoms with van der Waals surface area (Å²) in [4.78, 5) is 43.5. The molecular formula is C20H24N4O3S. The summed E-state index contributed by atoms with van der Waals surface area (Å²) in [6, 6.07) is 7.03. The Morgan fingerprint density at radius 3 is 2.93 bits per heavy atom. The zero-order chi connectivity index (χ0) is 19.9. The number of para-hydroxylation sites is 1. The normalized spacial score (nSPS) is 25.9. The molecule has 1 spiro atoms. The van der Waals surface area contributed by atoms with Crippen LogP contribution in [0, 0.1) is 5.92 Å². The lowest BCUT2D eigenvalue weighted by atomic mass is 9.73. The van der Waals surface area contributed by atoms with Crippen LogP contribution in [0.1, 0.15) is 50.6 Å². The summed E-state index contributed by atoms with van der Waals surface area (Å²) >= 11 is 1.52. The third kappa shape index (κ3) is 3.15. The van der Waals surface area contributed by atoms with E-state index in [2.05, 4.69) is 15.6 Å². The minimum absolute atomic E-state index is 0.0763. The highest BCUT2D eigenvalue weighted by Crippen LogP contribution is 2.38. The number of amides is 4. The number of hydrogen-bond donors (Lipinski definition) is 2. The molecule has 2 fully saturated rings. The van der Waals surface area contributed by atoms with Crippen molar-refractivity contribution in [3.63, 3.8) is 0 Å². The lowest BCUT2D eigenvalue weighted by Gasteiger charge is -2.36. The fourth-order valence-corrected chi connectivity index (χ4v) is 5.18. The molecule has 0 bridgehead atoms. The van der Waals surface area contributed by atoms with Crippen molar-refractivity contribution >= 4 is 39.4 Å². The second kappa shape index (κ2) is 7.16. The first kappa shape index (κ1) is 18.9. The van der Waals surface area contributed by atoms with E-state index < -0.39 is 11.6 Å². The number of urea groups is 1. The van der Waals surface area contributed by atoms with Crippen LogP contribution in [0.3, 0.4) is 0 Å². The van der Waals surface area contributed by atoms with Gasteiger partial charge < -0.3 is 10.6 Å². The molecule has 2 aromatic rings. The molecular weight excluding hydrogens is 376 g/mol. The average molecular weight is 401 g/mol. The molecule has 148 valence electrons. The highest BCUT2D eigenvalue weighted by atomic mass is 32.1. The minimum Gasteiger partial charge on any atom is -0.346 e. The quantitative estimate of drug-likeness (QED) is 0.772. The Morgan fingerprint density at radius 2 is 2.18 bits per heavy atom. The Balaban J connectivity index is 1.43. The molecule has 0 radical (unpaired) electrons. The maximum atomic E-state index is 13.0. The molecule has 28 heavy (non-hydrogen) atoms. The molecule has 7 nitrogen and oxygen atoms in total. The molecule has 3 atom stereocenters. The molecule has 0 unspecified atom stereocenters. The molecule has 1 saturated heterocycles. The van der Waals surface area contributed by atoms with Crippen LogP contribution in [0.15, 0.2) is 24.3 Å². The van der Waals surface area contributed by atoms with Gasteiger partial charge in [-0.25, -0.2) is 9.78 Å². The Morgan fingerprint density at radius 1 is 1.39 bits per heavy atom. The van der Waals surface area contributed by atoms with E-state index in [4.69, 9.17) is 0 Å². The van der Waals surface area contributed by atoms with Gasteiger partial charge in [-0.3, -0.25) is 14.5 Å². The van der Waals surface area contributed by atoms with Gasteiger partial charge >= 0.3 is 6.03 Å². The van der Waals surface area contributed by atoms with Crippen LogP contribution >= 0.6 is 11.3 Å². The molecule has 1 aliphatic carbocycles. The molecule has 4 rings (SSSR count). The van der Waals surface area contributed by atoms with Gasteiger partial charge in [0.2, 0.25) is 5.91 Å². The Hall–Kier alpha value is -2.48. The summed E-state index contributed by atoms with van der Waals surface area (Å²) < 4.78 is 1.06. The maximum absolute atomic E-state index is 13.0. The van der Waals surface area contributed by atoms with Crippen molar-refractivity contribution < 1.29 is 14.4 Å². The van der Waals surface area contributed by atoms with Gasteiger partial charge in [0.1, 0.15) is 17.1 Å². The Labute approximate surface area is 167 Å². The second-order valence-electron chi connectivity index (χ2n) is 7.75. The summed E-state index contributed by atoms with van der Waals surface area (Å²) in [5.74, 6) is -0.560. The van der Waals surface area contributed by atoms with Gasteiger partial charge in [-0.2, -0.15) is 0 Å². The number of nitrogens with one attached hydrogen (secondary N) is 2. The van der Waals surface area contributed by atoms with Crippen LogP contribution < -0.4 is 10.6 Å². The topological polar surface area (TPSA) is 91.4 Å². The van der Waals surface area contributed by atoms with Crippen molar-refractivity contribution in [1.29, 1.82) is 0 Å². The number of hydrogen-bond acceptors (Lipinski definition) is 5. The SMILES string of the molecule is C[C@H](NC(=O)CN1C(=O)N[C@]2(CCCC[C@H]2C)C1=O)c1nc2ccccc2s1. The minimum atomic E-state index is -0.839. The Kier molecular flexibility index (Phi) is 4.82. The fourth-order valence-electron chi connectivity index (χ4n) is 4.21. The van der Waals surface area contributed by atoms with Crippen molar-refractivity contribution in [2.24, 2.45) is 5.92 Å². The second-order valence-corrected chi connectivity index (χ2v) is 8.81. The third-order valence-corrected chi connectivity index (χ3v) is 7.08. The predicted molar refractivity (Wildman–Crippen MR) is 107 cm³/mol. The van der Waals surface area contributed by atoms with Crippen molar-refractivity contribution in [3.05, 3.63) is 29.3 Å². The maximum Gasteiger partial charge on any atom is 0.325 e. The van der Waals surface area contributed by atoms with Crippen molar-refractivity contribution in [2.75, 3.05) is 6.54 Å². The number of carbonyl (C=O) groups is 3. The zero-order valence-corrected chi connectivity index (χ0v) is 16.8. The van der Waals surface area contributed by atoms with Crippen LogP contribution in [0.25, 0.3) is 10.2 Å². The summed E-state index contributed by atoms with van der Waals surface area (Å²) in [5.41, 5.74) is 0.0553. The van der Waals surface area contributed by atoms with Crippen molar-refractivity contribution in [3.8, 4) is 0 Å². The van der Waals surface area contributed by atoms with Crippen LogP contribution in [0.5, 0.6) is 0 Å². The average Bonchev–Trinajstić information content (AvgIpc) is 3.20. The third-order valence-electron chi connectivity index (χ3n) is 5.86. The smallest absolute Gasteiger partial charge is 0.325 e. The van der Waals surface area contributed by atoms with Crippen LogP contribution in [0.2, 0.25) is 0 Å². The monoisotopic (exact) mass is 400 g/mol. The number of carbonyl (C=O) groups excluding carboxylic acids is 3. The number of aromatic nitrogens is 1. The first-order valence-electron chi connectivity index (χ1n) is 9.69. The Bertz CT molecular complexity index is 909. The van der Waals surface area contributed by atoms with Gasteiger partial charge in [-0.05, 0) is 37.8 Å². The van der Waals surface area contributed by atoms with E-state index in [9.17, 15) is 14.4 Å². The van der Waals surface area contributed by atoms with Crippen LogP contribution in [0.4, 0.5) is 4.79 Å². The molecule has 2 aliphatic rings. The zero-order valence-electron chi connectivity index (χ0n) is 16.0. The van der Waals surface area contributed by atoms with Gasteiger partial charge in [0.15, 0.2) is 0 Å². The predicted octanol–water partition coefficient (Wildman–Crippen LogP) is 2.97. The van der Waals surface area contributed by atoms with Crippen LogP contribution in [-0.2, 0) is 9.59 Å². The van der Waals surface area contributed by atoms with Gasteiger partial charge in [-0.15, -0.1) is 11.3 Å². The van der Waals surface area contributed by atoms with Gasteiger partial charge in [0.05, 0.1) is 16.3 Å². The molecule has 2 heterocycles.